The van der Waals surface area contributed by atoms with Gasteiger partial charge in [-0.05, 0) is 69.8 Å². The first kappa shape index (κ1) is 53.7. The number of allylic oxidation sites excluding steroid dienone is 7. The molecule has 0 aromatic heterocycles. The SMILES string of the molecule is CCCCCCCC/C=C\CCCCCCCCCCCCCC(=O)O[C@H](COC(=O)CCC/C=C\C[C@H]1C=CC(=O)[C@@H]1/C=C/[C@@H](O)CCCCC)COP(=O)(O)O. The molecule has 0 aromatic rings. The van der Waals surface area contributed by atoms with Crippen molar-refractivity contribution >= 4 is 25.5 Å². The maximum atomic E-state index is 12.5. The normalized spacial score (nSPS) is 16.9. The summed E-state index contributed by atoms with van der Waals surface area (Å²) in [5.41, 5.74) is 0. The lowest BCUT2D eigenvalue weighted by molar-refractivity contribution is -0.161. The fourth-order valence-electron chi connectivity index (χ4n) is 7.01. The van der Waals surface area contributed by atoms with E-state index in [1.165, 1.54) is 96.3 Å². The average Bonchev–Trinajstić information content (AvgIpc) is 3.54. The fourth-order valence-corrected chi connectivity index (χ4v) is 7.37. The van der Waals surface area contributed by atoms with Crippen molar-refractivity contribution in [3.8, 4) is 0 Å². The number of ketones is 1. The van der Waals surface area contributed by atoms with Crippen LogP contribution in [-0.4, -0.2) is 58.0 Å². The van der Waals surface area contributed by atoms with Crippen molar-refractivity contribution in [2.24, 2.45) is 11.8 Å². The number of hydrogen-bond donors (Lipinski definition) is 3. The van der Waals surface area contributed by atoms with Crippen molar-refractivity contribution in [3.63, 3.8) is 0 Å². The molecule has 0 aromatic carbocycles. The molecule has 1 rings (SSSR count). The molecule has 0 saturated carbocycles. The summed E-state index contributed by atoms with van der Waals surface area (Å²) in [6.45, 7) is 3.43. The summed E-state index contributed by atoms with van der Waals surface area (Å²) < 4.78 is 26.4. The van der Waals surface area contributed by atoms with Gasteiger partial charge in [0.25, 0.3) is 0 Å². The zero-order valence-corrected chi connectivity index (χ0v) is 37.2. The van der Waals surface area contributed by atoms with E-state index < -0.39 is 38.6 Å². The minimum absolute atomic E-state index is 0.0276. The number of aliphatic hydroxyl groups is 1. The highest BCUT2D eigenvalue weighted by Gasteiger charge is 2.27. The van der Waals surface area contributed by atoms with Crippen LogP contribution in [0.5, 0.6) is 0 Å². The van der Waals surface area contributed by atoms with E-state index in [0.717, 1.165) is 38.5 Å². The molecule has 1 aliphatic rings. The van der Waals surface area contributed by atoms with E-state index in [9.17, 15) is 24.1 Å². The van der Waals surface area contributed by atoms with Crippen LogP contribution in [0.3, 0.4) is 0 Å². The topological polar surface area (TPSA) is 157 Å². The molecule has 0 heterocycles. The molecule has 4 atom stereocenters. The Labute approximate surface area is 352 Å². The van der Waals surface area contributed by atoms with Gasteiger partial charge < -0.3 is 24.4 Å². The second kappa shape index (κ2) is 36.5. The van der Waals surface area contributed by atoms with Crippen LogP contribution >= 0.6 is 7.82 Å². The number of aliphatic hydroxyl groups excluding tert-OH is 1. The first-order chi connectivity index (χ1) is 28.1. The van der Waals surface area contributed by atoms with E-state index in [-0.39, 0.29) is 37.1 Å². The monoisotopic (exact) mass is 837 g/mol. The zero-order chi connectivity index (χ0) is 42.5. The average molecular weight is 837 g/mol. The molecule has 0 bridgehead atoms. The maximum absolute atomic E-state index is 12.5. The van der Waals surface area contributed by atoms with Gasteiger partial charge in [-0.3, -0.25) is 18.9 Å². The van der Waals surface area contributed by atoms with Crippen molar-refractivity contribution in [1.82, 2.24) is 0 Å². The van der Waals surface area contributed by atoms with Gasteiger partial charge >= 0.3 is 19.8 Å². The number of hydrogen-bond acceptors (Lipinski definition) is 8. The summed E-state index contributed by atoms with van der Waals surface area (Å²) in [5.74, 6) is -1.25. The molecule has 0 unspecified atom stereocenters. The van der Waals surface area contributed by atoms with Crippen LogP contribution in [0, 0.1) is 11.8 Å². The van der Waals surface area contributed by atoms with Crippen molar-refractivity contribution < 1.29 is 47.8 Å². The Bertz CT molecular complexity index is 1220. The van der Waals surface area contributed by atoms with E-state index in [2.05, 4.69) is 30.5 Å². The fraction of sp³-hybridized carbons (Fsp3) is 0.766. The highest BCUT2D eigenvalue weighted by atomic mass is 31.2. The van der Waals surface area contributed by atoms with E-state index in [1.54, 1.807) is 12.2 Å². The van der Waals surface area contributed by atoms with Crippen LogP contribution in [-0.2, 0) is 32.9 Å². The predicted molar refractivity (Wildman–Crippen MR) is 234 cm³/mol. The highest BCUT2D eigenvalue weighted by molar-refractivity contribution is 7.46. The number of unbranched alkanes of at least 4 members (excludes halogenated alkanes) is 20. The van der Waals surface area contributed by atoms with Crippen LogP contribution in [0.1, 0.15) is 194 Å². The molecule has 3 N–H and O–H groups in total. The number of rotatable bonds is 39. The Hall–Kier alpha value is -2.36. The smallest absolute Gasteiger partial charge is 0.462 e. The van der Waals surface area contributed by atoms with Crippen LogP contribution in [0.2, 0.25) is 0 Å². The molecule has 334 valence electrons. The molecule has 0 aliphatic heterocycles. The Kier molecular flexibility index (Phi) is 33.8. The van der Waals surface area contributed by atoms with Gasteiger partial charge in [-0.15, -0.1) is 0 Å². The number of phosphoric ester groups is 1. The van der Waals surface area contributed by atoms with Crippen molar-refractivity contribution in [3.05, 3.63) is 48.6 Å². The Morgan fingerprint density at radius 1 is 0.690 bits per heavy atom. The molecule has 11 heteroatoms. The molecule has 1 aliphatic carbocycles. The lowest BCUT2D eigenvalue weighted by atomic mass is 9.90. The summed E-state index contributed by atoms with van der Waals surface area (Å²) in [6, 6.07) is 0. The second-order valence-electron chi connectivity index (χ2n) is 16.0. The van der Waals surface area contributed by atoms with Crippen LogP contribution in [0.15, 0.2) is 48.6 Å². The molecule has 58 heavy (non-hydrogen) atoms. The largest absolute Gasteiger partial charge is 0.469 e. The van der Waals surface area contributed by atoms with Crippen LogP contribution < -0.4 is 0 Å². The molecular formula is C47H81O10P. The summed E-state index contributed by atoms with van der Waals surface area (Å²) in [7, 11) is -4.81. The molecule has 10 nitrogen and oxygen atoms in total. The minimum Gasteiger partial charge on any atom is -0.462 e. The Morgan fingerprint density at radius 2 is 1.21 bits per heavy atom. The first-order valence-corrected chi connectivity index (χ1v) is 24.5. The van der Waals surface area contributed by atoms with Crippen molar-refractivity contribution in [1.29, 1.82) is 0 Å². The number of esters is 2. The van der Waals surface area contributed by atoms with E-state index in [1.807, 2.05) is 24.3 Å². The molecule has 0 saturated heterocycles. The summed E-state index contributed by atoms with van der Waals surface area (Å²) in [5, 5.41) is 10.2. The van der Waals surface area contributed by atoms with Gasteiger partial charge in [-0.1, -0.05) is 166 Å². The van der Waals surface area contributed by atoms with Gasteiger partial charge in [0.1, 0.15) is 6.61 Å². The summed E-state index contributed by atoms with van der Waals surface area (Å²) in [6.07, 6.45) is 43.2. The maximum Gasteiger partial charge on any atom is 0.469 e. The van der Waals surface area contributed by atoms with Crippen LogP contribution in [0.4, 0.5) is 0 Å². The number of carbonyl (C=O) groups excluding carboxylic acids is 3. The third-order valence-corrected chi connectivity index (χ3v) is 11.1. The third kappa shape index (κ3) is 32.5. The summed E-state index contributed by atoms with van der Waals surface area (Å²) >= 11 is 0. The van der Waals surface area contributed by atoms with Crippen molar-refractivity contribution in [2.75, 3.05) is 13.2 Å². The van der Waals surface area contributed by atoms with Gasteiger partial charge in [-0.25, -0.2) is 4.57 Å². The van der Waals surface area contributed by atoms with E-state index >= 15 is 0 Å². The van der Waals surface area contributed by atoms with Crippen LogP contribution in [0.25, 0.3) is 0 Å². The molecule has 0 radical (unpaired) electrons. The molecular weight excluding hydrogens is 755 g/mol. The molecule has 0 amide bonds. The third-order valence-electron chi connectivity index (χ3n) is 10.6. The highest BCUT2D eigenvalue weighted by Crippen LogP contribution is 2.36. The number of ether oxygens (including phenoxy) is 2. The van der Waals surface area contributed by atoms with Gasteiger partial charge in [0, 0.05) is 18.8 Å². The lowest BCUT2D eigenvalue weighted by Gasteiger charge is -2.18. The van der Waals surface area contributed by atoms with Gasteiger partial charge in [0.2, 0.25) is 0 Å². The standard InChI is InChI=1S/C47H81O10P/c1-3-5-7-8-9-10-11-12-13-14-15-16-17-18-19-20-21-22-23-24-30-34-47(51)57-43(40-56-58(52,53)54)39-55-46(50)33-29-26-25-28-31-41-35-38-45(49)44(41)37-36-42(48)32-27-6-4-2/h12-13,25,28,35-38,41-44,48H,3-11,14-24,26-27,29-34,39-40H2,1-2H3,(H2,52,53,54)/b13-12-,28-25-,37-36+/t41-,42-,43+,44+/m0/s1. The predicted octanol–water partition coefficient (Wildman–Crippen LogP) is 11.9. The second-order valence-corrected chi connectivity index (χ2v) is 17.3. The van der Waals surface area contributed by atoms with Gasteiger partial charge in [0.05, 0.1) is 12.7 Å². The van der Waals surface area contributed by atoms with E-state index in [4.69, 9.17) is 19.3 Å². The Balaban J connectivity index is 2.17. The van der Waals surface area contributed by atoms with Crippen molar-refractivity contribution in [2.45, 2.75) is 206 Å². The zero-order valence-electron chi connectivity index (χ0n) is 36.3. The Morgan fingerprint density at radius 3 is 1.81 bits per heavy atom. The first-order valence-electron chi connectivity index (χ1n) is 23.0. The van der Waals surface area contributed by atoms with E-state index in [0.29, 0.717) is 32.1 Å². The number of carbonyl (C=O) groups is 3. The van der Waals surface area contributed by atoms with Gasteiger partial charge in [-0.2, -0.15) is 0 Å². The lowest BCUT2D eigenvalue weighted by Crippen LogP contribution is -2.29. The quantitative estimate of drug-likeness (QED) is 0.0236. The molecule has 0 spiro atoms. The van der Waals surface area contributed by atoms with Gasteiger partial charge in [0.15, 0.2) is 11.9 Å². The molecule has 0 fully saturated rings. The minimum atomic E-state index is -4.81. The summed E-state index contributed by atoms with van der Waals surface area (Å²) in [4.78, 5) is 55.5. The number of phosphoric acid groups is 1.